The highest BCUT2D eigenvalue weighted by Crippen LogP contribution is 2.32. The third kappa shape index (κ3) is 3.06. The fourth-order valence-corrected chi connectivity index (χ4v) is 5.90. The van der Waals surface area contributed by atoms with E-state index in [-0.39, 0.29) is 5.91 Å². The minimum Gasteiger partial charge on any atom is -0.333 e. The van der Waals surface area contributed by atoms with Crippen molar-refractivity contribution in [1.82, 2.24) is 14.8 Å². The molecule has 1 amide bonds. The normalized spacial score (nSPS) is 23.5. The smallest absolute Gasteiger partial charge is 0.264 e. The van der Waals surface area contributed by atoms with Gasteiger partial charge in [0.1, 0.15) is 0 Å². The minimum atomic E-state index is 0.219. The number of piperidine rings is 1. The van der Waals surface area contributed by atoms with Crippen LogP contribution < -0.4 is 0 Å². The average molecular weight is 384 g/mol. The minimum absolute atomic E-state index is 0.219. The number of hydrogen-bond acceptors (Lipinski definition) is 5. The Bertz CT molecular complexity index is 887. The number of benzene rings is 1. The third-order valence-electron chi connectivity index (χ3n) is 5.56. The van der Waals surface area contributed by atoms with Gasteiger partial charge in [-0.05, 0) is 36.3 Å². The number of thiazole rings is 1. The molecule has 2 aromatic heterocycles. The van der Waals surface area contributed by atoms with E-state index in [1.807, 2.05) is 17.6 Å². The Morgan fingerprint density at radius 3 is 2.96 bits per heavy atom. The molecule has 134 valence electrons. The summed E-state index contributed by atoms with van der Waals surface area (Å²) in [5, 5.41) is 3.30. The molecule has 0 aliphatic carbocycles. The van der Waals surface area contributed by atoms with E-state index in [0.29, 0.717) is 12.0 Å². The van der Waals surface area contributed by atoms with E-state index in [0.717, 1.165) is 43.2 Å². The number of hydrogen-bond donors (Lipinski definition) is 0. The van der Waals surface area contributed by atoms with E-state index in [1.54, 1.807) is 22.7 Å². The molecule has 5 heterocycles. The fourth-order valence-electron chi connectivity index (χ4n) is 4.33. The van der Waals surface area contributed by atoms with Crippen molar-refractivity contribution in [2.45, 2.75) is 25.4 Å². The molecule has 0 unspecified atom stereocenters. The maximum absolute atomic E-state index is 13.2. The van der Waals surface area contributed by atoms with Crippen molar-refractivity contribution in [2.75, 3.05) is 19.6 Å². The first-order valence-corrected chi connectivity index (χ1v) is 10.9. The van der Waals surface area contributed by atoms with Crippen molar-refractivity contribution < 1.29 is 4.79 Å². The zero-order valence-electron chi connectivity index (χ0n) is 14.5. The number of carbonyl (C=O) groups excluding carboxylic acids is 1. The lowest BCUT2D eigenvalue weighted by Crippen LogP contribution is -2.47. The Labute approximate surface area is 161 Å². The van der Waals surface area contributed by atoms with Crippen LogP contribution in [0.25, 0.3) is 10.1 Å². The summed E-state index contributed by atoms with van der Waals surface area (Å²) in [4.78, 5) is 23.2. The van der Waals surface area contributed by atoms with Gasteiger partial charge < -0.3 is 4.90 Å². The Hall–Kier alpha value is -1.76. The van der Waals surface area contributed by atoms with Crippen LogP contribution in [0.5, 0.6) is 0 Å². The van der Waals surface area contributed by atoms with Crippen LogP contribution >= 0.6 is 22.7 Å². The maximum Gasteiger partial charge on any atom is 0.264 e. The number of rotatable bonds is 3. The molecule has 3 aromatic rings. The third-order valence-corrected chi connectivity index (χ3v) is 7.29. The molecule has 2 atom stereocenters. The summed E-state index contributed by atoms with van der Waals surface area (Å²) in [6, 6.07) is 10.7. The molecular formula is C20H21N3OS2. The summed E-state index contributed by atoms with van der Waals surface area (Å²) in [6.07, 6.45) is 2.35. The molecule has 2 bridgehead atoms. The molecule has 0 radical (unpaired) electrons. The van der Waals surface area contributed by atoms with Crippen LogP contribution in [0.2, 0.25) is 0 Å². The molecule has 0 spiro atoms. The summed E-state index contributed by atoms with van der Waals surface area (Å²) >= 11 is 3.28. The second kappa shape index (κ2) is 6.76. The van der Waals surface area contributed by atoms with Crippen molar-refractivity contribution >= 4 is 38.7 Å². The molecule has 0 N–H and O–H groups in total. The lowest BCUT2D eigenvalue weighted by molar-refractivity contribution is 0.0590. The van der Waals surface area contributed by atoms with Crippen LogP contribution in [-0.2, 0) is 6.54 Å². The molecule has 26 heavy (non-hydrogen) atoms. The molecule has 6 heteroatoms. The van der Waals surface area contributed by atoms with Crippen molar-refractivity contribution in [2.24, 2.45) is 5.92 Å². The van der Waals surface area contributed by atoms with Crippen molar-refractivity contribution in [3.05, 3.63) is 51.8 Å². The summed E-state index contributed by atoms with van der Waals surface area (Å²) in [6.45, 7) is 3.83. The summed E-state index contributed by atoms with van der Waals surface area (Å²) in [5.74, 6) is 0.794. The molecule has 0 saturated carbocycles. The largest absolute Gasteiger partial charge is 0.333 e. The number of carbonyl (C=O) groups is 1. The van der Waals surface area contributed by atoms with Crippen LogP contribution in [0.1, 0.15) is 28.2 Å². The Morgan fingerprint density at radius 2 is 2.12 bits per heavy atom. The summed E-state index contributed by atoms with van der Waals surface area (Å²) in [5.41, 5.74) is 3.05. The lowest BCUT2D eigenvalue weighted by atomic mass is 9.95. The molecule has 4 nitrogen and oxygen atoms in total. The van der Waals surface area contributed by atoms with Crippen LogP contribution in [0.15, 0.2) is 41.2 Å². The standard InChI is InChI=1S/C20H21N3OS2/c24-20(19-7-15-3-1-2-4-18(15)26-19)23-9-14-5-6-17(23)11-22(8-14)10-16-12-25-13-21-16/h1-4,7,12-14,17H,5-6,8-11H2/t14-,17+/m0/s1. The molecule has 3 saturated heterocycles. The van der Waals surface area contributed by atoms with Crippen LogP contribution in [0.3, 0.4) is 0 Å². The highest BCUT2D eigenvalue weighted by molar-refractivity contribution is 7.20. The van der Waals surface area contributed by atoms with Gasteiger partial charge in [0.15, 0.2) is 0 Å². The maximum atomic E-state index is 13.2. The zero-order valence-corrected chi connectivity index (χ0v) is 16.1. The van der Waals surface area contributed by atoms with E-state index in [4.69, 9.17) is 0 Å². The average Bonchev–Trinajstić information content (AvgIpc) is 3.23. The SMILES string of the molecule is O=C(c1cc2ccccc2s1)N1C[C@H]2CC[C@@H]1CN(Cc1cscn1)C2. The summed E-state index contributed by atoms with van der Waals surface area (Å²) < 4.78 is 1.20. The van der Waals surface area contributed by atoms with Gasteiger partial charge in [0.25, 0.3) is 5.91 Å². The number of aromatic nitrogens is 1. The van der Waals surface area contributed by atoms with Gasteiger partial charge in [-0.3, -0.25) is 9.69 Å². The second-order valence-corrected chi connectivity index (χ2v) is 9.18. The number of thiophene rings is 1. The number of nitrogens with zero attached hydrogens (tertiary/aromatic N) is 3. The second-order valence-electron chi connectivity index (χ2n) is 7.38. The van der Waals surface area contributed by atoms with Gasteiger partial charge in [-0.15, -0.1) is 22.7 Å². The zero-order chi connectivity index (χ0) is 17.5. The van der Waals surface area contributed by atoms with Gasteiger partial charge in [-0.1, -0.05) is 18.2 Å². The molecule has 1 aromatic carbocycles. The van der Waals surface area contributed by atoms with Crippen molar-refractivity contribution in [1.29, 1.82) is 0 Å². The Morgan fingerprint density at radius 1 is 1.19 bits per heavy atom. The molecular weight excluding hydrogens is 362 g/mol. The van der Waals surface area contributed by atoms with Gasteiger partial charge in [0.05, 0.1) is 16.1 Å². The van der Waals surface area contributed by atoms with Gasteiger partial charge in [-0.2, -0.15) is 0 Å². The highest BCUT2D eigenvalue weighted by Gasteiger charge is 2.37. The lowest BCUT2D eigenvalue weighted by Gasteiger charge is -2.36. The molecule has 3 aliphatic rings. The highest BCUT2D eigenvalue weighted by atomic mass is 32.1. The Kier molecular flexibility index (Phi) is 4.27. The predicted octanol–water partition coefficient (Wildman–Crippen LogP) is 4.09. The van der Waals surface area contributed by atoms with E-state index in [1.165, 1.54) is 16.5 Å². The van der Waals surface area contributed by atoms with Crippen molar-refractivity contribution in [3.8, 4) is 0 Å². The molecule has 3 fully saturated rings. The quantitative estimate of drug-likeness (QED) is 0.683. The van der Waals surface area contributed by atoms with Gasteiger partial charge in [0, 0.05) is 42.3 Å². The van der Waals surface area contributed by atoms with E-state index in [2.05, 4.69) is 38.4 Å². The fraction of sp³-hybridized carbons (Fsp3) is 0.400. The topological polar surface area (TPSA) is 36.4 Å². The molecule has 3 aliphatic heterocycles. The van der Waals surface area contributed by atoms with Crippen LogP contribution in [-0.4, -0.2) is 46.4 Å². The molecule has 6 rings (SSSR count). The number of amides is 1. The van der Waals surface area contributed by atoms with Crippen molar-refractivity contribution in [3.63, 3.8) is 0 Å². The van der Waals surface area contributed by atoms with E-state index < -0.39 is 0 Å². The van der Waals surface area contributed by atoms with Gasteiger partial charge >= 0.3 is 0 Å². The van der Waals surface area contributed by atoms with Gasteiger partial charge in [0.2, 0.25) is 0 Å². The summed E-state index contributed by atoms with van der Waals surface area (Å²) in [7, 11) is 0. The first kappa shape index (κ1) is 16.4. The van der Waals surface area contributed by atoms with Crippen LogP contribution in [0, 0.1) is 5.92 Å². The predicted molar refractivity (Wildman–Crippen MR) is 107 cm³/mol. The number of fused-ring (bicyclic) bond motifs is 5. The van der Waals surface area contributed by atoms with Crippen LogP contribution in [0.4, 0.5) is 0 Å². The first-order chi connectivity index (χ1) is 12.8. The first-order valence-electron chi connectivity index (χ1n) is 9.15. The Balaban J connectivity index is 1.37. The van der Waals surface area contributed by atoms with E-state index in [9.17, 15) is 4.79 Å². The van der Waals surface area contributed by atoms with Gasteiger partial charge in [-0.25, -0.2) is 4.98 Å². The van der Waals surface area contributed by atoms with E-state index >= 15 is 0 Å². The monoisotopic (exact) mass is 383 g/mol.